The van der Waals surface area contributed by atoms with Crippen LogP contribution < -0.4 is 14.9 Å². The highest BCUT2D eigenvalue weighted by Gasteiger charge is 2.26. The standard InChI is InChI=1S/C16H14N2O4/c19-12-7-5-11(6-8-12)9-17-18-16(20)15-10-21-13-3-1-2-4-14(13)22-15/h1-9,15,19H,10H2,(H,18,20). The quantitative estimate of drug-likeness (QED) is 0.667. The third kappa shape index (κ3) is 3.17. The normalized spacial score (nSPS) is 16.5. The molecule has 1 unspecified atom stereocenters. The lowest BCUT2D eigenvalue weighted by molar-refractivity contribution is -0.130. The number of carbonyl (C=O) groups excluding carboxylic acids is 1. The van der Waals surface area contributed by atoms with Gasteiger partial charge in [0, 0.05) is 0 Å². The van der Waals surface area contributed by atoms with E-state index in [9.17, 15) is 9.90 Å². The molecule has 1 aliphatic heterocycles. The Morgan fingerprint density at radius 3 is 2.68 bits per heavy atom. The third-order valence-corrected chi connectivity index (χ3v) is 3.08. The summed E-state index contributed by atoms with van der Waals surface area (Å²) in [5.74, 6) is 0.952. The zero-order valence-corrected chi connectivity index (χ0v) is 11.6. The number of rotatable bonds is 3. The van der Waals surface area contributed by atoms with Crippen LogP contribution in [-0.2, 0) is 4.79 Å². The Morgan fingerprint density at radius 2 is 1.91 bits per heavy atom. The first-order chi connectivity index (χ1) is 10.7. The van der Waals surface area contributed by atoms with Gasteiger partial charge >= 0.3 is 0 Å². The van der Waals surface area contributed by atoms with E-state index in [1.165, 1.54) is 18.3 Å². The number of phenolic OH excluding ortho intramolecular Hbond substituents is 1. The minimum absolute atomic E-state index is 0.136. The predicted octanol–water partition coefficient (Wildman–Crippen LogP) is 1.68. The van der Waals surface area contributed by atoms with Crippen LogP contribution in [0.15, 0.2) is 53.6 Å². The van der Waals surface area contributed by atoms with E-state index < -0.39 is 6.10 Å². The molecule has 0 radical (unpaired) electrons. The molecule has 2 aromatic rings. The van der Waals surface area contributed by atoms with E-state index in [1.807, 2.05) is 12.1 Å². The average molecular weight is 298 g/mol. The largest absolute Gasteiger partial charge is 0.508 e. The zero-order chi connectivity index (χ0) is 15.4. The van der Waals surface area contributed by atoms with Gasteiger partial charge in [-0.1, -0.05) is 12.1 Å². The van der Waals surface area contributed by atoms with E-state index in [0.29, 0.717) is 11.5 Å². The first-order valence-corrected chi connectivity index (χ1v) is 6.73. The van der Waals surface area contributed by atoms with Gasteiger partial charge in [-0.05, 0) is 42.0 Å². The van der Waals surface area contributed by atoms with Crippen molar-refractivity contribution < 1.29 is 19.4 Å². The van der Waals surface area contributed by atoms with Crippen LogP contribution in [0.2, 0.25) is 0 Å². The second-order valence-corrected chi connectivity index (χ2v) is 4.69. The van der Waals surface area contributed by atoms with Gasteiger partial charge in [0.05, 0.1) is 6.21 Å². The van der Waals surface area contributed by atoms with Crippen molar-refractivity contribution in [1.29, 1.82) is 0 Å². The lowest BCUT2D eigenvalue weighted by Crippen LogP contribution is -2.42. The van der Waals surface area contributed by atoms with E-state index in [2.05, 4.69) is 10.5 Å². The molecule has 0 aliphatic carbocycles. The molecule has 1 heterocycles. The van der Waals surface area contributed by atoms with Crippen LogP contribution in [0.5, 0.6) is 17.2 Å². The summed E-state index contributed by atoms with van der Waals surface area (Å²) in [6.07, 6.45) is 0.737. The van der Waals surface area contributed by atoms with Gasteiger partial charge in [0.25, 0.3) is 5.91 Å². The molecule has 112 valence electrons. The van der Waals surface area contributed by atoms with E-state index >= 15 is 0 Å². The smallest absolute Gasteiger partial charge is 0.284 e. The number of aromatic hydroxyl groups is 1. The number of carbonyl (C=O) groups is 1. The van der Waals surface area contributed by atoms with Gasteiger partial charge in [0.1, 0.15) is 12.4 Å². The maximum Gasteiger partial charge on any atom is 0.284 e. The fraction of sp³-hybridized carbons (Fsp3) is 0.125. The Bertz CT molecular complexity index is 698. The molecule has 3 rings (SSSR count). The molecular formula is C16H14N2O4. The van der Waals surface area contributed by atoms with Crippen LogP contribution in [-0.4, -0.2) is 29.9 Å². The fourth-order valence-corrected chi connectivity index (χ4v) is 1.95. The Morgan fingerprint density at radius 1 is 1.18 bits per heavy atom. The summed E-state index contributed by atoms with van der Waals surface area (Å²) >= 11 is 0. The molecule has 0 saturated heterocycles. The fourth-order valence-electron chi connectivity index (χ4n) is 1.95. The van der Waals surface area contributed by atoms with Gasteiger partial charge in [0.2, 0.25) is 6.10 Å². The van der Waals surface area contributed by atoms with Crippen molar-refractivity contribution in [3.05, 3.63) is 54.1 Å². The Hall–Kier alpha value is -3.02. The molecule has 1 amide bonds. The first kappa shape index (κ1) is 13.9. The van der Waals surface area contributed by atoms with Gasteiger partial charge in [0.15, 0.2) is 11.5 Å². The molecular weight excluding hydrogens is 284 g/mol. The summed E-state index contributed by atoms with van der Waals surface area (Å²) in [6.45, 7) is 0.136. The lowest BCUT2D eigenvalue weighted by Gasteiger charge is -2.24. The van der Waals surface area contributed by atoms with Crippen LogP contribution in [0.4, 0.5) is 0 Å². The topological polar surface area (TPSA) is 80.2 Å². The number of hydrazone groups is 1. The monoisotopic (exact) mass is 298 g/mol. The number of hydrogen-bond donors (Lipinski definition) is 2. The number of amides is 1. The van der Waals surface area contributed by atoms with Crippen molar-refractivity contribution >= 4 is 12.1 Å². The SMILES string of the molecule is O=C(NN=Cc1ccc(O)cc1)C1COc2ccccc2O1. The van der Waals surface area contributed by atoms with E-state index in [0.717, 1.165) is 5.56 Å². The molecule has 1 atom stereocenters. The van der Waals surface area contributed by atoms with Gasteiger partial charge in [-0.15, -0.1) is 0 Å². The molecule has 6 nitrogen and oxygen atoms in total. The molecule has 0 fully saturated rings. The van der Waals surface area contributed by atoms with Crippen LogP contribution in [0.25, 0.3) is 0 Å². The summed E-state index contributed by atoms with van der Waals surface area (Å²) in [4.78, 5) is 12.0. The summed E-state index contributed by atoms with van der Waals surface area (Å²) in [6, 6.07) is 13.6. The van der Waals surface area contributed by atoms with Crippen LogP contribution >= 0.6 is 0 Å². The first-order valence-electron chi connectivity index (χ1n) is 6.73. The lowest BCUT2D eigenvalue weighted by atomic mass is 10.2. The predicted molar refractivity (Wildman–Crippen MR) is 80.2 cm³/mol. The molecule has 0 bridgehead atoms. The molecule has 0 saturated carbocycles. The van der Waals surface area contributed by atoms with Crippen molar-refractivity contribution in [2.75, 3.05) is 6.61 Å². The Labute approximate surface area is 127 Å². The number of benzene rings is 2. The van der Waals surface area contributed by atoms with Crippen molar-refractivity contribution in [1.82, 2.24) is 5.43 Å². The van der Waals surface area contributed by atoms with E-state index in [-0.39, 0.29) is 18.3 Å². The van der Waals surface area contributed by atoms with E-state index in [4.69, 9.17) is 9.47 Å². The maximum absolute atomic E-state index is 12.0. The Kier molecular flexibility index (Phi) is 3.91. The second-order valence-electron chi connectivity index (χ2n) is 4.69. The number of hydrogen-bond acceptors (Lipinski definition) is 5. The minimum atomic E-state index is -0.744. The zero-order valence-electron chi connectivity index (χ0n) is 11.6. The van der Waals surface area contributed by atoms with Crippen LogP contribution in [0.1, 0.15) is 5.56 Å². The number of ether oxygens (including phenoxy) is 2. The molecule has 6 heteroatoms. The highest BCUT2D eigenvalue weighted by molar-refractivity contribution is 5.85. The second kappa shape index (κ2) is 6.17. The van der Waals surface area contributed by atoms with Gasteiger partial charge in [-0.2, -0.15) is 5.10 Å². The number of para-hydroxylation sites is 2. The summed E-state index contributed by atoms with van der Waals surface area (Å²) in [7, 11) is 0. The summed E-state index contributed by atoms with van der Waals surface area (Å²) in [5.41, 5.74) is 3.16. The van der Waals surface area contributed by atoms with Gasteiger partial charge in [-0.25, -0.2) is 5.43 Å². The highest BCUT2D eigenvalue weighted by Crippen LogP contribution is 2.30. The third-order valence-electron chi connectivity index (χ3n) is 3.08. The highest BCUT2D eigenvalue weighted by atomic mass is 16.6. The molecule has 0 aromatic heterocycles. The number of nitrogens with zero attached hydrogens (tertiary/aromatic N) is 1. The van der Waals surface area contributed by atoms with Crippen molar-refractivity contribution in [3.63, 3.8) is 0 Å². The Balaban J connectivity index is 1.58. The number of phenols is 1. The molecule has 2 aromatic carbocycles. The molecule has 22 heavy (non-hydrogen) atoms. The van der Waals surface area contributed by atoms with Crippen molar-refractivity contribution in [2.45, 2.75) is 6.10 Å². The number of nitrogens with one attached hydrogen (secondary N) is 1. The van der Waals surface area contributed by atoms with Crippen LogP contribution in [0, 0.1) is 0 Å². The molecule has 0 spiro atoms. The maximum atomic E-state index is 12.0. The van der Waals surface area contributed by atoms with Crippen molar-refractivity contribution in [2.24, 2.45) is 5.10 Å². The van der Waals surface area contributed by atoms with Crippen LogP contribution in [0.3, 0.4) is 0 Å². The van der Waals surface area contributed by atoms with Gasteiger partial charge in [-0.3, -0.25) is 4.79 Å². The summed E-state index contributed by atoms with van der Waals surface area (Å²) in [5, 5.41) is 13.0. The average Bonchev–Trinajstić information content (AvgIpc) is 2.56. The minimum Gasteiger partial charge on any atom is -0.508 e. The van der Waals surface area contributed by atoms with Crippen molar-refractivity contribution in [3.8, 4) is 17.2 Å². The summed E-state index contributed by atoms with van der Waals surface area (Å²) < 4.78 is 11.0. The van der Waals surface area contributed by atoms with E-state index in [1.54, 1.807) is 24.3 Å². The van der Waals surface area contributed by atoms with Gasteiger partial charge < -0.3 is 14.6 Å². The molecule has 1 aliphatic rings. The molecule has 2 N–H and O–H groups in total. The number of fused-ring (bicyclic) bond motifs is 1.